The molecule has 1 aromatic heterocycles. The Hall–Kier alpha value is -0.170. The van der Waals surface area contributed by atoms with Gasteiger partial charge in [-0.25, -0.2) is 0 Å². The predicted molar refractivity (Wildman–Crippen MR) is 99.8 cm³/mol. The average molecular weight is 360 g/mol. The maximum absolute atomic E-state index is 5.54. The van der Waals surface area contributed by atoms with Crippen LogP contribution in [-0.2, 0) is 4.74 Å². The van der Waals surface area contributed by atoms with E-state index >= 15 is 0 Å². The van der Waals surface area contributed by atoms with E-state index in [2.05, 4.69) is 46.6 Å². The van der Waals surface area contributed by atoms with Crippen LogP contribution >= 0.6 is 23.7 Å². The van der Waals surface area contributed by atoms with Crippen molar-refractivity contribution in [1.29, 1.82) is 0 Å². The van der Waals surface area contributed by atoms with Gasteiger partial charge in [0.25, 0.3) is 0 Å². The van der Waals surface area contributed by atoms with E-state index in [9.17, 15) is 0 Å². The van der Waals surface area contributed by atoms with Crippen molar-refractivity contribution in [3.63, 3.8) is 0 Å². The van der Waals surface area contributed by atoms with Crippen LogP contribution in [0, 0.1) is 5.41 Å². The van der Waals surface area contributed by atoms with Crippen molar-refractivity contribution >= 4 is 23.7 Å². The minimum Gasteiger partial charge on any atom is -0.379 e. The highest BCUT2D eigenvalue weighted by Gasteiger charge is 2.31. The molecule has 0 amide bonds. The van der Waals surface area contributed by atoms with E-state index < -0.39 is 0 Å². The van der Waals surface area contributed by atoms with Gasteiger partial charge in [0, 0.05) is 37.6 Å². The number of rotatable bonds is 6. The van der Waals surface area contributed by atoms with Crippen molar-refractivity contribution in [2.45, 2.75) is 19.4 Å². The molecule has 132 valence electrons. The highest BCUT2D eigenvalue weighted by Crippen LogP contribution is 2.29. The molecule has 2 aliphatic rings. The molecule has 0 saturated carbocycles. The molecule has 23 heavy (non-hydrogen) atoms. The van der Waals surface area contributed by atoms with Gasteiger partial charge in [-0.15, -0.1) is 23.7 Å². The maximum Gasteiger partial charge on any atom is 0.0594 e. The third-order valence-corrected chi connectivity index (χ3v) is 5.92. The third-order valence-electron chi connectivity index (χ3n) is 4.95. The number of morpholine rings is 1. The van der Waals surface area contributed by atoms with E-state index in [-0.39, 0.29) is 12.4 Å². The minimum absolute atomic E-state index is 0. The lowest BCUT2D eigenvalue weighted by Gasteiger charge is -2.38. The van der Waals surface area contributed by atoms with Crippen LogP contribution in [0.5, 0.6) is 0 Å². The van der Waals surface area contributed by atoms with Gasteiger partial charge in [0.05, 0.1) is 19.3 Å². The second-order valence-corrected chi connectivity index (χ2v) is 8.09. The van der Waals surface area contributed by atoms with E-state index in [4.69, 9.17) is 4.74 Å². The fraction of sp³-hybridized carbons (Fsp3) is 0.765. The number of halogens is 1. The molecular weight excluding hydrogens is 330 g/mol. The van der Waals surface area contributed by atoms with Crippen LogP contribution in [0.3, 0.4) is 0 Å². The number of thiophene rings is 1. The fourth-order valence-electron chi connectivity index (χ4n) is 3.77. The van der Waals surface area contributed by atoms with Crippen LogP contribution in [0.4, 0.5) is 0 Å². The topological polar surface area (TPSA) is 27.7 Å². The molecular formula is C17H30ClN3OS. The van der Waals surface area contributed by atoms with Gasteiger partial charge < -0.3 is 15.0 Å². The zero-order valence-electron chi connectivity index (χ0n) is 14.3. The van der Waals surface area contributed by atoms with Gasteiger partial charge in [-0.2, -0.15) is 0 Å². The molecule has 1 N–H and O–H groups in total. The summed E-state index contributed by atoms with van der Waals surface area (Å²) in [6, 6.07) is 4.97. The van der Waals surface area contributed by atoms with Crippen LogP contribution in [0.2, 0.25) is 0 Å². The molecule has 3 heterocycles. The fourth-order valence-corrected chi connectivity index (χ4v) is 4.62. The number of likely N-dealkylation sites (N-methyl/N-ethyl adjacent to an activating group) is 1. The first-order valence-electron chi connectivity index (χ1n) is 8.41. The molecule has 6 heteroatoms. The average Bonchev–Trinajstić information content (AvgIpc) is 3.17. The van der Waals surface area contributed by atoms with E-state index in [1.807, 2.05) is 11.3 Å². The third kappa shape index (κ3) is 5.15. The molecule has 0 spiro atoms. The summed E-state index contributed by atoms with van der Waals surface area (Å²) < 4.78 is 5.54. The predicted octanol–water partition coefficient (Wildman–Crippen LogP) is 2.47. The standard InChI is InChI=1S/C17H29N3OS.ClH/c1-17(5-6-18-13-17)14-19(2)12-15(16-4-3-11-22-16)20-7-9-21-10-8-20;/h3-4,11,15,18H,5-10,12-14H2,1-2H3;1H. The van der Waals surface area contributed by atoms with Crippen LogP contribution in [0.1, 0.15) is 24.3 Å². The second-order valence-electron chi connectivity index (χ2n) is 7.11. The summed E-state index contributed by atoms with van der Waals surface area (Å²) in [7, 11) is 2.28. The van der Waals surface area contributed by atoms with Gasteiger partial charge in [0.1, 0.15) is 0 Å². The molecule has 2 saturated heterocycles. The molecule has 0 aliphatic carbocycles. The van der Waals surface area contributed by atoms with Crippen LogP contribution in [0.15, 0.2) is 17.5 Å². The molecule has 2 atom stereocenters. The summed E-state index contributed by atoms with van der Waals surface area (Å²) >= 11 is 1.89. The normalized spacial score (nSPS) is 27.1. The molecule has 1 aromatic rings. The molecule has 3 rings (SSSR count). The van der Waals surface area contributed by atoms with Crippen molar-refractivity contribution in [1.82, 2.24) is 15.1 Å². The first-order chi connectivity index (χ1) is 10.7. The molecule has 0 radical (unpaired) electrons. The highest BCUT2D eigenvalue weighted by molar-refractivity contribution is 7.10. The highest BCUT2D eigenvalue weighted by atomic mass is 35.5. The molecule has 0 bridgehead atoms. The summed E-state index contributed by atoms with van der Waals surface area (Å²) in [5.74, 6) is 0. The number of nitrogens with zero attached hydrogens (tertiary/aromatic N) is 2. The number of ether oxygens (including phenoxy) is 1. The second kappa shape index (κ2) is 8.79. The maximum atomic E-state index is 5.54. The molecule has 2 aliphatic heterocycles. The Morgan fingerprint density at radius 1 is 1.43 bits per heavy atom. The zero-order chi connectivity index (χ0) is 15.4. The Labute approximate surface area is 150 Å². The quantitative estimate of drug-likeness (QED) is 0.844. The van der Waals surface area contributed by atoms with Gasteiger partial charge >= 0.3 is 0 Å². The van der Waals surface area contributed by atoms with Gasteiger partial charge in [-0.05, 0) is 36.9 Å². The van der Waals surface area contributed by atoms with Crippen molar-refractivity contribution in [3.05, 3.63) is 22.4 Å². The van der Waals surface area contributed by atoms with E-state index in [1.54, 1.807) is 0 Å². The first-order valence-corrected chi connectivity index (χ1v) is 9.29. The zero-order valence-corrected chi connectivity index (χ0v) is 15.9. The lowest BCUT2D eigenvalue weighted by molar-refractivity contribution is 0.00797. The monoisotopic (exact) mass is 359 g/mol. The van der Waals surface area contributed by atoms with Crippen LogP contribution in [-0.4, -0.2) is 69.3 Å². The Morgan fingerprint density at radius 3 is 2.83 bits per heavy atom. The molecule has 4 nitrogen and oxygen atoms in total. The minimum atomic E-state index is 0. The van der Waals surface area contributed by atoms with Crippen LogP contribution in [0.25, 0.3) is 0 Å². The Morgan fingerprint density at radius 2 is 2.22 bits per heavy atom. The van der Waals surface area contributed by atoms with Gasteiger partial charge in [0.15, 0.2) is 0 Å². The van der Waals surface area contributed by atoms with Gasteiger partial charge in [-0.1, -0.05) is 13.0 Å². The van der Waals surface area contributed by atoms with Crippen molar-refractivity contribution in [2.24, 2.45) is 5.41 Å². The Kier molecular flexibility index (Phi) is 7.32. The van der Waals surface area contributed by atoms with Crippen molar-refractivity contribution in [3.8, 4) is 0 Å². The summed E-state index contributed by atoms with van der Waals surface area (Å²) in [6.07, 6.45) is 1.29. The summed E-state index contributed by atoms with van der Waals surface area (Å²) in [5, 5.41) is 5.71. The molecule has 2 fully saturated rings. The Balaban J connectivity index is 0.00000192. The number of nitrogens with one attached hydrogen (secondary N) is 1. The van der Waals surface area contributed by atoms with Gasteiger partial charge in [-0.3, -0.25) is 4.90 Å². The summed E-state index contributed by atoms with van der Waals surface area (Å²) in [4.78, 5) is 6.62. The van der Waals surface area contributed by atoms with E-state index in [0.29, 0.717) is 11.5 Å². The van der Waals surface area contributed by atoms with E-state index in [0.717, 1.165) is 39.4 Å². The summed E-state index contributed by atoms with van der Waals surface area (Å²) in [6.45, 7) is 10.9. The Bertz CT molecular complexity index is 445. The lowest BCUT2D eigenvalue weighted by atomic mass is 9.89. The van der Waals surface area contributed by atoms with E-state index in [1.165, 1.54) is 24.4 Å². The SMILES string of the molecule is CN(CC(c1cccs1)N1CCOCC1)CC1(C)CCNC1.Cl. The first kappa shape index (κ1) is 19.2. The molecule has 2 unspecified atom stereocenters. The smallest absolute Gasteiger partial charge is 0.0594 e. The van der Waals surface area contributed by atoms with Crippen molar-refractivity contribution < 1.29 is 4.74 Å². The van der Waals surface area contributed by atoms with Gasteiger partial charge in [0.2, 0.25) is 0 Å². The molecule has 0 aromatic carbocycles. The van der Waals surface area contributed by atoms with Crippen LogP contribution < -0.4 is 5.32 Å². The summed E-state index contributed by atoms with van der Waals surface area (Å²) in [5.41, 5.74) is 0.430. The van der Waals surface area contributed by atoms with Crippen molar-refractivity contribution in [2.75, 3.05) is 59.5 Å². The largest absolute Gasteiger partial charge is 0.379 e. The number of hydrogen-bond acceptors (Lipinski definition) is 5. The lowest BCUT2D eigenvalue weighted by Crippen LogP contribution is -2.45. The number of hydrogen-bond donors (Lipinski definition) is 1.